The predicted molar refractivity (Wildman–Crippen MR) is 129 cm³/mol. The van der Waals surface area contributed by atoms with E-state index in [-0.39, 0.29) is 5.91 Å². The van der Waals surface area contributed by atoms with E-state index in [4.69, 9.17) is 4.74 Å². The number of benzene rings is 1. The molecule has 0 saturated carbocycles. The maximum atomic E-state index is 13.4. The van der Waals surface area contributed by atoms with E-state index >= 15 is 0 Å². The number of H-pyrrole nitrogens is 1. The summed E-state index contributed by atoms with van der Waals surface area (Å²) < 4.78 is 5.80. The van der Waals surface area contributed by atoms with E-state index < -0.39 is 5.54 Å². The Bertz CT molecular complexity index is 1120. The molecule has 0 radical (unpaired) electrons. The largest absolute Gasteiger partial charge is 0.494 e. The highest BCUT2D eigenvalue weighted by Crippen LogP contribution is 2.41. The first-order chi connectivity index (χ1) is 15.9. The molecule has 4 rings (SSSR count). The van der Waals surface area contributed by atoms with Crippen molar-refractivity contribution in [3.8, 4) is 5.75 Å². The van der Waals surface area contributed by atoms with Crippen molar-refractivity contribution in [2.24, 2.45) is 0 Å². The number of aromatic nitrogens is 4. The van der Waals surface area contributed by atoms with Gasteiger partial charge in [-0.3, -0.25) is 9.89 Å². The van der Waals surface area contributed by atoms with Crippen LogP contribution in [-0.4, -0.2) is 46.8 Å². The highest BCUT2D eigenvalue weighted by Gasteiger charge is 2.39. The van der Waals surface area contributed by atoms with Crippen LogP contribution in [0, 0.1) is 0 Å². The summed E-state index contributed by atoms with van der Waals surface area (Å²) in [5.74, 6) is 1.93. The number of nitrogens with zero attached hydrogens (tertiary/aromatic N) is 4. The molecule has 3 aromatic rings. The molecule has 3 heterocycles. The van der Waals surface area contributed by atoms with Gasteiger partial charge in [-0.1, -0.05) is 25.5 Å². The maximum Gasteiger partial charge on any atom is 0.256 e. The molecule has 2 N–H and O–H groups in total. The summed E-state index contributed by atoms with van der Waals surface area (Å²) in [6.07, 6.45) is 5.91. The summed E-state index contributed by atoms with van der Waals surface area (Å²) in [6.45, 7) is 4.88. The van der Waals surface area contributed by atoms with Gasteiger partial charge in [0.2, 0.25) is 0 Å². The highest BCUT2D eigenvalue weighted by atomic mass is 16.5. The SMILES string of the molecule is CCCCOc1ccc(C2(C)CC(c3ccc(N(C)C)nc3)=C(c3ncn[nH]3)C(=O)N2)cc1. The summed E-state index contributed by atoms with van der Waals surface area (Å²) in [5.41, 5.74) is 2.65. The maximum absolute atomic E-state index is 13.4. The van der Waals surface area contributed by atoms with Gasteiger partial charge in [-0.15, -0.1) is 0 Å². The molecule has 1 aromatic carbocycles. The van der Waals surface area contributed by atoms with Crippen molar-refractivity contribution < 1.29 is 9.53 Å². The molecule has 1 amide bonds. The van der Waals surface area contributed by atoms with Crippen LogP contribution in [-0.2, 0) is 10.3 Å². The molecule has 8 nitrogen and oxygen atoms in total. The Morgan fingerprint density at radius 1 is 1.12 bits per heavy atom. The first kappa shape index (κ1) is 22.5. The zero-order valence-electron chi connectivity index (χ0n) is 19.6. The van der Waals surface area contributed by atoms with E-state index in [1.807, 2.05) is 68.5 Å². The quantitative estimate of drug-likeness (QED) is 0.511. The zero-order valence-corrected chi connectivity index (χ0v) is 19.6. The third-order valence-electron chi connectivity index (χ3n) is 5.91. The second-order valence-electron chi connectivity index (χ2n) is 8.68. The lowest BCUT2D eigenvalue weighted by atomic mass is 9.78. The molecular weight excluding hydrogens is 416 g/mol. The van der Waals surface area contributed by atoms with E-state index in [9.17, 15) is 4.79 Å². The molecule has 2 aromatic heterocycles. The van der Waals surface area contributed by atoms with Gasteiger partial charge in [0.05, 0.1) is 17.7 Å². The lowest BCUT2D eigenvalue weighted by Gasteiger charge is -2.37. The van der Waals surface area contributed by atoms with Crippen LogP contribution in [0.4, 0.5) is 5.82 Å². The van der Waals surface area contributed by atoms with Crippen LogP contribution in [0.1, 0.15) is 50.1 Å². The number of amides is 1. The van der Waals surface area contributed by atoms with Crippen LogP contribution in [0.3, 0.4) is 0 Å². The van der Waals surface area contributed by atoms with E-state index in [0.29, 0.717) is 24.4 Å². The van der Waals surface area contributed by atoms with Crippen molar-refractivity contribution in [3.63, 3.8) is 0 Å². The Morgan fingerprint density at radius 2 is 1.91 bits per heavy atom. The van der Waals surface area contributed by atoms with Crippen LogP contribution in [0.5, 0.6) is 5.75 Å². The van der Waals surface area contributed by atoms with Gasteiger partial charge in [-0.05, 0) is 54.3 Å². The Balaban J connectivity index is 1.70. The molecule has 0 fully saturated rings. The van der Waals surface area contributed by atoms with Gasteiger partial charge in [-0.25, -0.2) is 9.97 Å². The molecule has 1 atom stereocenters. The normalized spacial score (nSPS) is 18.2. The van der Waals surface area contributed by atoms with Crippen molar-refractivity contribution in [1.82, 2.24) is 25.5 Å². The van der Waals surface area contributed by atoms with Crippen molar-refractivity contribution in [2.45, 2.75) is 38.6 Å². The number of carbonyl (C=O) groups is 1. The number of aromatic amines is 1. The zero-order chi connectivity index (χ0) is 23.4. The Hall–Kier alpha value is -3.68. The molecule has 0 aliphatic carbocycles. The first-order valence-electron chi connectivity index (χ1n) is 11.2. The van der Waals surface area contributed by atoms with E-state index in [2.05, 4.69) is 32.4 Å². The summed E-state index contributed by atoms with van der Waals surface area (Å²) in [4.78, 5) is 24.1. The van der Waals surface area contributed by atoms with Gasteiger partial charge in [0.15, 0.2) is 5.82 Å². The topological polar surface area (TPSA) is 96.0 Å². The minimum atomic E-state index is -0.599. The lowest BCUT2D eigenvalue weighted by molar-refractivity contribution is -0.117. The number of carbonyl (C=O) groups excluding carboxylic acids is 1. The van der Waals surface area contributed by atoms with E-state index in [1.165, 1.54) is 6.33 Å². The molecule has 0 saturated heterocycles. The molecule has 172 valence electrons. The number of nitrogens with one attached hydrogen (secondary N) is 2. The Labute approximate surface area is 194 Å². The number of pyridine rings is 1. The van der Waals surface area contributed by atoms with E-state index in [1.54, 1.807) is 0 Å². The number of rotatable bonds is 8. The number of hydrogen-bond acceptors (Lipinski definition) is 6. The summed E-state index contributed by atoms with van der Waals surface area (Å²) in [7, 11) is 3.89. The smallest absolute Gasteiger partial charge is 0.256 e. The highest BCUT2D eigenvalue weighted by molar-refractivity contribution is 6.27. The monoisotopic (exact) mass is 446 g/mol. The van der Waals surface area contributed by atoms with Crippen molar-refractivity contribution in [1.29, 1.82) is 0 Å². The Kier molecular flexibility index (Phi) is 6.44. The molecule has 1 aliphatic rings. The van der Waals surface area contributed by atoms with Crippen LogP contribution in [0.2, 0.25) is 0 Å². The molecule has 0 spiro atoms. The van der Waals surface area contributed by atoms with Crippen molar-refractivity contribution in [3.05, 3.63) is 65.9 Å². The summed E-state index contributed by atoms with van der Waals surface area (Å²) >= 11 is 0. The van der Waals surface area contributed by atoms with Gasteiger partial charge >= 0.3 is 0 Å². The molecule has 0 bridgehead atoms. The third kappa shape index (κ3) is 4.74. The summed E-state index contributed by atoms with van der Waals surface area (Å²) in [6, 6.07) is 11.9. The minimum absolute atomic E-state index is 0.199. The number of unbranched alkanes of at least 4 members (excludes halogenated alkanes) is 1. The second kappa shape index (κ2) is 9.44. The number of ether oxygens (including phenoxy) is 1. The summed E-state index contributed by atoms with van der Waals surface area (Å²) in [5, 5.41) is 9.98. The molecule has 33 heavy (non-hydrogen) atoms. The second-order valence-corrected chi connectivity index (χ2v) is 8.68. The fourth-order valence-corrected chi connectivity index (χ4v) is 4.02. The van der Waals surface area contributed by atoms with Crippen molar-refractivity contribution >= 4 is 22.9 Å². The fraction of sp³-hybridized carbons (Fsp3) is 0.360. The predicted octanol–water partition coefficient (Wildman–Crippen LogP) is 3.79. The van der Waals surface area contributed by atoms with Gasteiger partial charge in [0.1, 0.15) is 17.9 Å². The van der Waals surface area contributed by atoms with Crippen LogP contribution < -0.4 is 15.0 Å². The van der Waals surface area contributed by atoms with E-state index in [0.717, 1.165) is 41.1 Å². The van der Waals surface area contributed by atoms with Crippen LogP contribution in [0.15, 0.2) is 48.9 Å². The van der Waals surface area contributed by atoms with Gasteiger partial charge < -0.3 is 15.0 Å². The molecule has 1 unspecified atom stereocenters. The fourth-order valence-electron chi connectivity index (χ4n) is 4.02. The lowest BCUT2D eigenvalue weighted by Crippen LogP contribution is -2.47. The standard InChI is InChI=1S/C25H30N6O2/c1-5-6-13-33-19-10-8-18(9-11-19)25(2)14-20(17-7-12-21(26-15-17)31(3)4)22(24(32)29-25)23-27-16-28-30-23/h7-12,15-16H,5-6,13-14H2,1-4H3,(H,29,32)(H,27,28,30). The molecule has 8 heteroatoms. The average molecular weight is 447 g/mol. The minimum Gasteiger partial charge on any atom is -0.494 e. The number of anilines is 1. The Morgan fingerprint density at radius 3 is 2.52 bits per heavy atom. The number of hydrogen-bond donors (Lipinski definition) is 2. The molecule has 1 aliphatic heterocycles. The molecular formula is C25H30N6O2. The van der Waals surface area contributed by atoms with Gasteiger partial charge in [-0.2, -0.15) is 5.10 Å². The average Bonchev–Trinajstić information content (AvgIpc) is 3.33. The third-order valence-corrected chi connectivity index (χ3v) is 5.91. The van der Waals surface area contributed by atoms with Crippen molar-refractivity contribution in [2.75, 3.05) is 25.6 Å². The van der Waals surface area contributed by atoms with Crippen LogP contribution >= 0.6 is 0 Å². The van der Waals surface area contributed by atoms with Crippen LogP contribution in [0.25, 0.3) is 11.1 Å². The first-order valence-corrected chi connectivity index (χ1v) is 11.2. The van der Waals surface area contributed by atoms with Gasteiger partial charge in [0.25, 0.3) is 5.91 Å². The van der Waals surface area contributed by atoms with Gasteiger partial charge in [0, 0.05) is 26.7 Å².